The first-order valence-corrected chi connectivity index (χ1v) is 11.1. The van der Waals surface area contributed by atoms with Crippen molar-refractivity contribution in [2.75, 3.05) is 18.4 Å². The zero-order valence-electron chi connectivity index (χ0n) is 16.7. The number of hydrogen-bond donors (Lipinski definition) is 1. The standard InChI is InChI=1S/C22H28N2O3S/c1-22(2,3)18-12-10-17(11-13-18)21(25)23-19-8-7-9-20(16-19)28(26,27)24-14-5-4-6-15-24/h7-13,16H,4-6,14-15H2,1-3H3,(H,23,25). The Hall–Kier alpha value is -2.18. The number of carbonyl (C=O) groups is 1. The zero-order valence-corrected chi connectivity index (χ0v) is 17.6. The minimum Gasteiger partial charge on any atom is -0.322 e. The van der Waals surface area contributed by atoms with Crippen molar-refractivity contribution in [3.8, 4) is 0 Å². The van der Waals surface area contributed by atoms with Crippen LogP contribution in [0, 0.1) is 0 Å². The second-order valence-corrected chi connectivity index (χ2v) is 10.2. The third kappa shape index (κ3) is 4.62. The van der Waals surface area contributed by atoms with Gasteiger partial charge >= 0.3 is 0 Å². The maximum Gasteiger partial charge on any atom is 0.255 e. The van der Waals surface area contributed by atoms with Crippen LogP contribution >= 0.6 is 0 Å². The maximum absolute atomic E-state index is 12.8. The fraction of sp³-hybridized carbons (Fsp3) is 0.409. The Kier molecular flexibility index (Phi) is 5.91. The predicted molar refractivity (Wildman–Crippen MR) is 112 cm³/mol. The van der Waals surface area contributed by atoms with Crippen LogP contribution in [-0.4, -0.2) is 31.7 Å². The van der Waals surface area contributed by atoms with Crippen molar-refractivity contribution in [3.63, 3.8) is 0 Å². The van der Waals surface area contributed by atoms with Gasteiger partial charge in [-0.1, -0.05) is 45.4 Å². The van der Waals surface area contributed by atoms with Gasteiger partial charge in [0.15, 0.2) is 0 Å². The molecule has 1 saturated heterocycles. The largest absolute Gasteiger partial charge is 0.322 e. The summed E-state index contributed by atoms with van der Waals surface area (Å²) < 4.78 is 27.2. The van der Waals surface area contributed by atoms with E-state index < -0.39 is 10.0 Å². The van der Waals surface area contributed by atoms with Crippen molar-refractivity contribution in [1.29, 1.82) is 0 Å². The molecule has 3 rings (SSSR count). The molecule has 150 valence electrons. The Labute approximate surface area is 167 Å². The van der Waals surface area contributed by atoms with Crippen LogP contribution in [0.3, 0.4) is 0 Å². The Bertz CT molecular complexity index is 938. The van der Waals surface area contributed by atoms with Crippen molar-refractivity contribution in [2.45, 2.75) is 50.3 Å². The molecule has 0 spiro atoms. The van der Waals surface area contributed by atoms with Crippen molar-refractivity contribution in [1.82, 2.24) is 4.31 Å². The van der Waals surface area contributed by atoms with Crippen LogP contribution < -0.4 is 5.32 Å². The molecular weight excluding hydrogens is 372 g/mol. The van der Waals surface area contributed by atoms with Crippen LogP contribution in [0.15, 0.2) is 53.4 Å². The molecule has 1 fully saturated rings. The number of anilines is 1. The lowest BCUT2D eigenvalue weighted by molar-refractivity contribution is 0.102. The third-order valence-corrected chi connectivity index (χ3v) is 6.95. The molecular formula is C22H28N2O3S. The predicted octanol–water partition coefficient (Wildman–Crippen LogP) is 4.41. The van der Waals surface area contributed by atoms with E-state index in [-0.39, 0.29) is 16.2 Å². The molecule has 2 aromatic carbocycles. The summed E-state index contributed by atoms with van der Waals surface area (Å²) in [5, 5.41) is 2.81. The smallest absolute Gasteiger partial charge is 0.255 e. The van der Waals surface area contributed by atoms with Gasteiger partial charge in [-0.2, -0.15) is 4.31 Å². The molecule has 0 bridgehead atoms. The summed E-state index contributed by atoms with van der Waals surface area (Å²) >= 11 is 0. The number of carbonyl (C=O) groups excluding carboxylic acids is 1. The van der Waals surface area contributed by atoms with Gasteiger partial charge in [0.05, 0.1) is 4.90 Å². The van der Waals surface area contributed by atoms with Gasteiger partial charge in [0.2, 0.25) is 10.0 Å². The highest BCUT2D eigenvalue weighted by molar-refractivity contribution is 7.89. The van der Waals surface area contributed by atoms with Crippen molar-refractivity contribution < 1.29 is 13.2 Å². The van der Waals surface area contributed by atoms with E-state index in [4.69, 9.17) is 0 Å². The van der Waals surface area contributed by atoms with E-state index in [0.717, 1.165) is 24.8 Å². The summed E-state index contributed by atoms with van der Waals surface area (Å²) in [6.45, 7) is 7.47. The van der Waals surface area contributed by atoms with Gasteiger partial charge in [-0.3, -0.25) is 4.79 Å². The highest BCUT2D eigenvalue weighted by Gasteiger charge is 2.26. The monoisotopic (exact) mass is 400 g/mol. The molecule has 0 unspecified atom stereocenters. The maximum atomic E-state index is 12.8. The molecule has 1 aliphatic rings. The first-order valence-electron chi connectivity index (χ1n) is 9.70. The number of piperidine rings is 1. The molecule has 1 N–H and O–H groups in total. The Morgan fingerprint density at radius 3 is 2.21 bits per heavy atom. The number of amides is 1. The van der Waals surface area contributed by atoms with Crippen molar-refractivity contribution >= 4 is 21.6 Å². The van der Waals surface area contributed by atoms with Gasteiger partial charge in [0.1, 0.15) is 0 Å². The molecule has 0 aromatic heterocycles. The number of nitrogens with zero attached hydrogens (tertiary/aromatic N) is 1. The number of sulfonamides is 1. The van der Waals surface area contributed by atoms with Crippen LogP contribution in [0.4, 0.5) is 5.69 Å². The summed E-state index contributed by atoms with van der Waals surface area (Å²) in [6, 6.07) is 14.0. The molecule has 5 nitrogen and oxygen atoms in total. The molecule has 1 heterocycles. The lowest BCUT2D eigenvalue weighted by atomic mass is 9.87. The van der Waals surface area contributed by atoms with Gasteiger partial charge in [-0.25, -0.2) is 8.42 Å². The fourth-order valence-corrected chi connectivity index (χ4v) is 4.88. The van der Waals surface area contributed by atoms with E-state index in [1.807, 2.05) is 12.1 Å². The molecule has 0 atom stereocenters. The summed E-state index contributed by atoms with van der Waals surface area (Å²) in [6.07, 6.45) is 2.84. The number of benzene rings is 2. The lowest BCUT2D eigenvalue weighted by Gasteiger charge is -2.26. The van der Waals surface area contributed by atoms with E-state index in [9.17, 15) is 13.2 Å². The molecule has 0 radical (unpaired) electrons. The SMILES string of the molecule is CC(C)(C)c1ccc(C(=O)Nc2cccc(S(=O)(=O)N3CCCCC3)c2)cc1. The summed E-state index contributed by atoms with van der Waals surface area (Å²) in [7, 11) is -3.52. The zero-order chi connectivity index (χ0) is 20.4. The highest BCUT2D eigenvalue weighted by atomic mass is 32.2. The van der Waals surface area contributed by atoms with Gasteiger partial charge < -0.3 is 5.32 Å². The van der Waals surface area contributed by atoms with Crippen LogP contribution in [0.5, 0.6) is 0 Å². The summed E-state index contributed by atoms with van der Waals surface area (Å²) in [4.78, 5) is 12.8. The summed E-state index contributed by atoms with van der Waals surface area (Å²) in [5.74, 6) is -0.257. The van der Waals surface area contributed by atoms with Crippen LogP contribution in [0.2, 0.25) is 0 Å². The van der Waals surface area contributed by atoms with E-state index >= 15 is 0 Å². The minimum absolute atomic E-state index is 0.0200. The molecule has 2 aromatic rings. The molecule has 0 aliphatic carbocycles. The molecule has 1 aliphatic heterocycles. The van der Waals surface area contributed by atoms with Crippen molar-refractivity contribution in [2.24, 2.45) is 0 Å². The molecule has 1 amide bonds. The quantitative estimate of drug-likeness (QED) is 0.827. The van der Waals surface area contributed by atoms with Crippen LogP contribution in [0.1, 0.15) is 56.0 Å². The molecule has 0 saturated carbocycles. The number of hydrogen-bond acceptors (Lipinski definition) is 3. The third-order valence-electron chi connectivity index (χ3n) is 5.06. The topological polar surface area (TPSA) is 66.5 Å². The van der Waals surface area contributed by atoms with Gasteiger partial charge in [-0.05, 0) is 54.2 Å². The van der Waals surface area contributed by atoms with Gasteiger partial charge in [-0.15, -0.1) is 0 Å². The molecule has 6 heteroatoms. The first kappa shape index (κ1) is 20.6. The average molecular weight is 401 g/mol. The molecule has 28 heavy (non-hydrogen) atoms. The summed E-state index contributed by atoms with van der Waals surface area (Å²) in [5.41, 5.74) is 2.19. The Morgan fingerprint density at radius 2 is 1.61 bits per heavy atom. The van der Waals surface area contributed by atoms with Gasteiger partial charge in [0, 0.05) is 24.3 Å². The normalized spacial score (nSPS) is 16.0. The second kappa shape index (κ2) is 8.05. The van der Waals surface area contributed by atoms with E-state index in [1.54, 1.807) is 30.3 Å². The number of rotatable bonds is 4. The van der Waals surface area contributed by atoms with Crippen LogP contribution in [-0.2, 0) is 15.4 Å². The average Bonchev–Trinajstić information content (AvgIpc) is 2.68. The Morgan fingerprint density at radius 1 is 0.964 bits per heavy atom. The number of nitrogens with one attached hydrogen (secondary N) is 1. The minimum atomic E-state index is -3.52. The van der Waals surface area contributed by atoms with Crippen molar-refractivity contribution in [3.05, 3.63) is 59.7 Å². The lowest BCUT2D eigenvalue weighted by Crippen LogP contribution is -2.35. The van der Waals surface area contributed by atoms with E-state index in [2.05, 4.69) is 26.1 Å². The first-order chi connectivity index (χ1) is 13.2. The van der Waals surface area contributed by atoms with Crippen LogP contribution in [0.25, 0.3) is 0 Å². The van der Waals surface area contributed by atoms with E-state index in [0.29, 0.717) is 24.3 Å². The highest BCUT2D eigenvalue weighted by Crippen LogP contribution is 2.24. The van der Waals surface area contributed by atoms with E-state index in [1.165, 1.54) is 10.4 Å². The van der Waals surface area contributed by atoms with Gasteiger partial charge in [0.25, 0.3) is 5.91 Å². The Balaban J connectivity index is 1.76. The fourth-order valence-electron chi connectivity index (χ4n) is 3.31. The second-order valence-electron chi connectivity index (χ2n) is 8.27.